The standard InChI is InChI=1S/C23H18F3NO3/c1-15(21(28)27-20-10-6-5-9-19(20)23(24,25)26)30-22(29)18-13-11-17(12-14-18)16-7-3-2-4-8-16/h2-15H,1H3,(H,27,28)/t15-/m0/s1. The van der Waals surface area contributed by atoms with E-state index in [1.54, 1.807) is 24.3 Å². The van der Waals surface area contributed by atoms with Gasteiger partial charge in [-0.1, -0.05) is 54.6 Å². The Labute approximate surface area is 171 Å². The Morgan fingerprint density at radius 3 is 2.03 bits per heavy atom. The van der Waals surface area contributed by atoms with Gasteiger partial charge in [0.2, 0.25) is 0 Å². The number of amides is 1. The molecule has 0 bridgehead atoms. The monoisotopic (exact) mass is 413 g/mol. The number of alkyl halides is 3. The molecular formula is C23H18F3NO3. The fourth-order valence-corrected chi connectivity index (χ4v) is 2.79. The first-order valence-corrected chi connectivity index (χ1v) is 9.09. The Morgan fingerprint density at radius 2 is 1.40 bits per heavy atom. The maximum Gasteiger partial charge on any atom is 0.418 e. The van der Waals surface area contributed by atoms with Crippen LogP contribution in [0, 0.1) is 0 Å². The molecule has 0 aliphatic carbocycles. The summed E-state index contributed by atoms with van der Waals surface area (Å²) in [4.78, 5) is 24.5. The molecule has 4 nitrogen and oxygen atoms in total. The van der Waals surface area contributed by atoms with Crippen LogP contribution in [0.15, 0.2) is 78.9 Å². The van der Waals surface area contributed by atoms with Crippen molar-refractivity contribution < 1.29 is 27.5 Å². The van der Waals surface area contributed by atoms with Crippen LogP contribution in [0.3, 0.4) is 0 Å². The van der Waals surface area contributed by atoms with E-state index in [-0.39, 0.29) is 5.56 Å². The van der Waals surface area contributed by atoms with Crippen LogP contribution in [0.2, 0.25) is 0 Å². The van der Waals surface area contributed by atoms with Crippen LogP contribution in [-0.2, 0) is 15.7 Å². The molecular weight excluding hydrogens is 395 g/mol. The minimum absolute atomic E-state index is 0.227. The van der Waals surface area contributed by atoms with Gasteiger partial charge in [0.25, 0.3) is 5.91 Å². The van der Waals surface area contributed by atoms with Crippen molar-refractivity contribution in [2.24, 2.45) is 0 Å². The number of hydrogen-bond donors (Lipinski definition) is 1. The molecule has 7 heteroatoms. The highest BCUT2D eigenvalue weighted by atomic mass is 19.4. The van der Waals surface area contributed by atoms with Gasteiger partial charge in [0.1, 0.15) is 0 Å². The summed E-state index contributed by atoms with van der Waals surface area (Å²) in [5.41, 5.74) is 0.735. The van der Waals surface area contributed by atoms with Gasteiger partial charge in [0.15, 0.2) is 6.10 Å². The lowest BCUT2D eigenvalue weighted by atomic mass is 10.0. The van der Waals surface area contributed by atoms with Crippen LogP contribution < -0.4 is 5.32 Å². The Balaban J connectivity index is 1.65. The number of carbonyl (C=O) groups excluding carboxylic acids is 2. The van der Waals surface area contributed by atoms with Gasteiger partial charge in [-0.15, -0.1) is 0 Å². The number of benzene rings is 3. The SMILES string of the molecule is C[C@H](OC(=O)c1ccc(-c2ccccc2)cc1)C(=O)Nc1ccccc1C(F)(F)F. The maximum absolute atomic E-state index is 13.0. The molecule has 1 N–H and O–H groups in total. The van der Waals surface area contributed by atoms with Crippen molar-refractivity contribution in [1.82, 2.24) is 0 Å². The molecule has 0 radical (unpaired) electrons. The number of rotatable bonds is 5. The van der Waals surface area contributed by atoms with E-state index in [0.717, 1.165) is 23.3 Å². The summed E-state index contributed by atoms with van der Waals surface area (Å²) in [5, 5.41) is 2.17. The van der Waals surface area contributed by atoms with E-state index in [0.29, 0.717) is 0 Å². The third-order valence-electron chi connectivity index (χ3n) is 4.37. The highest BCUT2D eigenvalue weighted by Crippen LogP contribution is 2.34. The van der Waals surface area contributed by atoms with Crippen molar-refractivity contribution in [2.45, 2.75) is 19.2 Å². The van der Waals surface area contributed by atoms with Gasteiger partial charge in [-0.3, -0.25) is 4.79 Å². The molecule has 3 aromatic rings. The van der Waals surface area contributed by atoms with Crippen molar-refractivity contribution >= 4 is 17.6 Å². The number of nitrogens with one attached hydrogen (secondary N) is 1. The topological polar surface area (TPSA) is 55.4 Å². The summed E-state index contributed by atoms with van der Waals surface area (Å²) < 4.78 is 44.3. The van der Waals surface area contributed by atoms with Gasteiger partial charge < -0.3 is 10.1 Å². The summed E-state index contributed by atoms with van der Waals surface area (Å²) in [6, 6.07) is 20.8. The fraction of sp³-hybridized carbons (Fsp3) is 0.130. The average molecular weight is 413 g/mol. The molecule has 0 aliphatic rings. The van der Waals surface area contributed by atoms with Gasteiger partial charge in [-0.25, -0.2) is 4.79 Å². The molecule has 0 spiro atoms. The highest BCUT2D eigenvalue weighted by Gasteiger charge is 2.34. The van der Waals surface area contributed by atoms with Gasteiger partial charge >= 0.3 is 12.1 Å². The lowest BCUT2D eigenvalue weighted by Crippen LogP contribution is -2.30. The van der Waals surface area contributed by atoms with E-state index in [1.807, 2.05) is 30.3 Å². The van der Waals surface area contributed by atoms with Crippen molar-refractivity contribution in [3.8, 4) is 11.1 Å². The zero-order chi connectivity index (χ0) is 21.7. The predicted octanol–water partition coefficient (Wildman–Crippen LogP) is 5.56. The molecule has 0 saturated heterocycles. The van der Waals surface area contributed by atoms with E-state index in [9.17, 15) is 22.8 Å². The summed E-state index contributed by atoms with van der Waals surface area (Å²) in [7, 11) is 0. The number of anilines is 1. The normalized spacial score (nSPS) is 12.1. The molecule has 0 fully saturated rings. The quantitative estimate of drug-likeness (QED) is 0.558. The van der Waals surface area contributed by atoms with E-state index in [1.165, 1.54) is 19.1 Å². The van der Waals surface area contributed by atoms with Gasteiger partial charge in [-0.2, -0.15) is 13.2 Å². The van der Waals surface area contributed by atoms with Crippen LogP contribution in [0.5, 0.6) is 0 Å². The van der Waals surface area contributed by atoms with Gasteiger partial charge in [0, 0.05) is 0 Å². The predicted molar refractivity (Wildman–Crippen MR) is 107 cm³/mol. The first-order valence-electron chi connectivity index (χ1n) is 9.09. The summed E-state index contributed by atoms with van der Waals surface area (Å²) >= 11 is 0. The van der Waals surface area contributed by atoms with Crippen molar-refractivity contribution in [2.75, 3.05) is 5.32 Å². The third kappa shape index (κ3) is 5.05. The maximum atomic E-state index is 13.0. The molecule has 0 heterocycles. The van der Waals surface area contributed by atoms with Crippen LogP contribution >= 0.6 is 0 Å². The third-order valence-corrected chi connectivity index (χ3v) is 4.37. The second-order valence-corrected chi connectivity index (χ2v) is 6.52. The molecule has 3 rings (SSSR count). The Kier molecular flexibility index (Phi) is 6.20. The largest absolute Gasteiger partial charge is 0.449 e. The zero-order valence-electron chi connectivity index (χ0n) is 15.9. The first-order chi connectivity index (χ1) is 14.3. The number of halogens is 3. The summed E-state index contributed by atoms with van der Waals surface area (Å²) in [6.07, 6.45) is -5.91. The Bertz CT molecular complexity index is 1030. The number of para-hydroxylation sites is 1. The summed E-state index contributed by atoms with van der Waals surface area (Å²) in [6.45, 7) is 1.29. The van der Waals surface area contributed by atoms with Crippen LogP contribution in [0.4, 0.5) is 18.9 Å². The lowest BCUT2D eigenvalue weighted by molar-refractivity contribution is -0.137. The highest BCUT2D eigenvalue weighted by molar-refractivity contribution is 5.98. The molecule has 1 amide bonds. The molecule has 0 aromatic heterocycles. The van der Waals surface area contributed by atoms with Crippen LogP contribution in [0.25, 0.3) is 11.1 Å². The summed E-state index contributed by atoms with van der Waals surface area (Å²) in [5.74, 6) is -1.61. The van der Waals surface area contributed by atoms with E-state index in [2.05, 4.69) is 5.32 Å². The fourth-order valence-electron chi connectivity index (χ4n) is 2.79. The average Bonchev–Trinajstić information content (AvgIpc) is 2.74. The molecule has 0 saturated carbocycles. The number of esters is 1. The number of hydrogen-bond acceptors (Lipinski definition) is 3. The zero-order valence-corrected chi connectivity index (χ0v) is 15.9. The lowest BCUT2D eigenvalue weighted by Gasteiger charge is -2.17. The molecule has 0 aliphatic heterocycles. The molecule has 30 heavy (non-hydrogen) atoms. The number of carbonyl (C=O) groups is 2. The second-order valence-electron chi connectivity index (χ2n) is 6.52. The molecule has 154 valence electrons. The molecule has 0 unspecified atom stereocenters. The number of ether oxygens (including phenoxy) is 1. The van der Waals surface area contributed by atoms with Crippen LogP contribution in [-0.4, -0.2) is 18.0 Å². The smallest absolute Gasteiger partial charge is 0.418 e. The van der Waals surface area contributed by atoms with E-state index in [4.69, 9.17) is 4.74 Å². The van der Waals surface area contributed by atoms with Crippen molar-refractivity contribution in [1.29, 1.82) is 0 Å². The first kappa shape index (κ1) is 21.1. The molecule has 1 atom stereocenters. The van der Waals surface area contributed by atoms with Gasteiger partial charge in [-0.05, 0) is 42.3 Å². The van der Waals surface area contributed by atoms with Crippen LogP contribution in [0.1, 0.15) is 22.8 Å². The van der Waals surface area contributed by atoms with Crippen molar-refractivity contribution in [3.63, 3.8) is 0 Å². The van der Waals surface area contributed by atoms with Gasteiger partial charge in [0.05, 0.1) is 16.8 Å². The second kappa shape index (κ2) is 8.82. The molecule has 3 aromatic carbocycles. The van der Waals surface area contributed by atoms with E-state index >= 15 is 0 Å². The van der Waals surface area contributed by atoms with E-state index < -0.39 is 35.4 Å². The van der Waals surface area contributed by atoms with Crippen molar-refractivity contribution in [3.05, 3.63) is 90.0 Å². The minimum atomic E-state index is -4.62. The Morgan fingerprint density at radius 1 is 0.833 bits per heavy atom. The Hall–Kier alpha value is -3.61. The minimum Gasteiger partial charge on any atom is -0.449 e.